The Morgan fingerprint density at radius 1 is 1.24 bits per heavy atom. The van der Waals surface area contributed by atoms with E-state index in [-0.39, 0.29) is 43.2 Å². The normalized spacial score (nSPS) is 19.1. The minimum absolute atomic E-state index is 0.0205. The number of nitrogens with one attached hydrogen (secondary N) is 1. The zero-order valence-electron chi connectivity index (χ0n) is 19.1. The number of carbonyl (C=O) groups excluding carboxylic acids is 3. The first-order chi connectivity index (χ1) is 15.9. The van der Waals surface area contributed by atoms with E-state index in [0.717, 1.165) is 23.4 Å². The fourth-order valence-electron chi connectivity index (χ4n) is 4.28. The van der Waals surface area contributed by atoms with Gasteiger partial charge in [-0.15, -0.1) is 0 Å². The van der Waals surface area contributed by atoms with Gasteiger partial charge < -0.3 is 11.1 Å². The highest BCUT2D eigenvalue weighted by atomic mass is 19.4. The van der Waals surface area contributed by atoms with E-state index in [2.05, 4.69) is 10.3 Å². The van der Waals surface area contributed by atoms with Gasteiger partial charge in [0.25, 0.3) is 0 Å². The molecule has 34 heavy (non-hydrogen) atoms. The minimum atomic E-state index is -4.45. The van der Waals surface area contributed by atoms with Crippen LogP contribution in [0.1, 0.15) is 48.6 Å². The van der Waals surface area contributed by atoms with Crippen LogP contribution in [0, 0.1) is 18.8 Å². The Morgan fingerprint density at radius 2 is 1.97 bits per heavy atom. The number of nitrogens with two attached hydrogens (primary N) is 1. The molecule has 182 valence electrons. The molecule has 1 heterocycles. The number of carbonyl (C=O) groups is 3. The molecule has 2 aromatic rings. The van der Waals surface area contributed by atoms with Gasteiger partial charge in [0.1, 0.15) is 11.6 Å². The van der Waals surface area contributed by atoms with Crippen LogP contribution in [-0.2, 0) is 33.4 Å². The number of anilines is 1. The summed E-state index contributed by atoms with van der Waals surface area (Å²) in [5.74, 6) is -1.39. The summed E-state index contributed by atoms with van der Waals surface area (Å²) in [5.41, 5.74) is 6.94. The molecule has 1 aromatic carbocycles. The molecule has 1 aliphatic carbocycles. The van der Waals surface area contributed by atoms with Crippen LogP contribution in [0.5, 0.6) is 0 Å². The minimum Gasteiger partial charge on any atom is -0.384 e. The van der Waals surface area contributed by atoms with Crippen molar-refractivity contribution in [1.29, 1.82) is 0 Å². The van der Waals surface area contributed by atoms with E-state index in [1.165, 1.54) is 6.07 Å². The fraction of sp³-hybridized carbons (Fsp3) is 0.440. The molecule has 1 amide bonds. The van der Waals surface area contributed by atoms with Crippen molar-refractivity contribution in [1.82, 2.24) is 10.3 Å². The molecule has 0 spiro atoms. The van der Waals surface area contributed by atoms with E-state index in [1.54, 1.807) is 19.1 Å². The number of Topliss-reactive ketones (excluding diaryl/α,β-unsaturated/α-hetero) is 2. The van der Waals surface area contributed by atoms with Crippen LogP contribution in [-0.4, -0.2) is 28.5 Å². The van der Waals surface area contributed by atoms with Crippen molar-refractivity contribution in [3.8, 4) is 0 Å². The maximum Gasteiger partial charge on any atom is 0.416 e. The molecule has 3 rings (SSSR count). The molecule has 3 N–H and O–H groups in total. The predicted molar refractivity (Wildman–Crippen MR) is 121 cm³/mol. The highest BCUT2D eigenvalue weighted by Crippen LogP contribution is 2.33. The molecule has 1 aromatic heterocycles. The number of hydrogen-bond donors (Lipinski definition) is 2. The van der Waals surface area contributed by atoms with E-state index >= 15 is 0 Å². The molecule has 1 fully saturated rings. The van der Waals surface area contributed by atoms with Gasteiger partial charge in [-0.25, -0.2) is 4.98 Å². The number of benzene rings is 1. The molecule has 0 radical (unpaired) electrons. The topological polar surface area (TPSA) is 102 Å². The third kappa shape index (κ3) is 6.42. The smallest absolute Gasteiger partial charge is 0.384 e. The predicted octanol–water partition coefficient (Wildman–Crippen LogP) is 3.84. The number of halogens is 3. The lowest BCUT2D eigenvalue weighted by Crippen LogP contribution is -2.41. The van der Waals surface area contributed by atoms with E-state index in [0.29, 0.717) is 17.8 Å². The standard InChI is InChI=1S/C25H28F3N3O3/c1-14-17(7-9-23(29)30-14)6-8-21(32)15(2)31-24(34)19-12-18(22(33)13-19)10-16-4-3-5-20(11-16)25(26,27)28/h3-5,7,9,11,15,18-19H,6,8,10,12-13H2,1-2H3,(H2,29,30)(H,31,34)/t15-,18-,19-/m0/s1. The highest BCUT2D eigenvalue weighted by Gasteiger charge is 2.37. The van der Waals surface area contributed by atoms with Gasteiger partial charge in [0.15, 0.2) is 5.78 Å². The van der Waals surface area contributed by atoms with Crippen LogP contribution in [0.2, 0.25) is 0 Å². The second-order valence-electron chi connectivity index (χ2n) is 8.88. The van der Waals surface area contributed by atoms with Crippen molar-refractivity contribution in [2.24, 2.45) is 11.8 Å². The van der Waals surface area contributed by atoms with Gasteiger partial charge in [0.2, 0.25) is 5.91 Å². The van der Waals surface area contributed by atoms with Crippen LogP contribution >= 0.6 is 0 Å². The Bertz CT molecular complexity index is 1080. The van der Waals surface area contributed by atoms with Gasteiger partial charge in [-0.3, -0.25) is 14.4 Å². The van der Waals surface area contributed by atoms with Gasteiger partial charge in [0.05, 0.1) is 11.6 Å². The summed E-state index contributed by atoms with van der Waals surface area (Å²) in [6, 6.07) is 7.67. The number of amides is 1. The Kier molecular flexibility index (Phi) is 7.74. The Balaban J connectivity index is 1.52. The zero-order valence-corrected chi connectivity index (χ0v) is 19.1. The summed E-state index contributed by atoms with van der Waals surface area (Å²) in [7, 11) is 0. The monoisotopic (exact) mass is 475 g/mol. The Labute approximate surface area is 196 Å². The van der Waals surface area contributed by atoms with Gasteiger partial charge in [0, 0.05) is 30.4 Å². The average molecular weight is 476 g/mol. The molecular weight excluding hydrogens is 447 g/mol. The summed E-state index contributed by atoms with van der Waals surface area (Å²) >= 11 is 0. The summed E-state index contributed by atoms with van der Waals surface area (Å²) in [6.45, 7) is 3.42. The molecule has 0 aliphatic heterocycles. The molecule has 3 atom stereocenters. The third-order valence-corrected chi connectivity index (χ3v) is 6.28. The molecule has 1 aliphatic rings. The Morgan fingerprint density at radius 3 is 2.65 bits per heavy atom. The molecule has 0 unspecified atom stereocenters. The van der Waals surface area contributed by atoms with Crippen molar-refractivity contribution >= 4 is 23.3 Å². The number of rotatable bonds is 8. The first kappa shape index (κ1) is 25.4. The fourth-order valence-corrected chi connectivity index (χ4v) is 4.28. The molecule has 1 saturated carbocycles. The lowest BCUT2D eigenvalue weighted by molar-refractivity contribution is -0.137. The number of alkyl halides is 3. The molecule has 0 bridgehead atoms. The number of nitrogen functional groups attached to an aromatic ring is 1. The van der Waals surface area contributed by atoms with Crippen LogP contribution in [0.3, 0.4) is 0 Å². The highest BCUT2D eigenvalue weighted by molar-refractivity contribution is 5.94. The van der Waals surface area contributed by atoms with Gasteiger partial charge in [-0.05, 0) is 56.4 Å². The largest absolute Gasteiger partial charge is 0.416 e. The average Bonchev–Trinajstić information content (AvgIpc) is 3.12. The van der Waals surface area contributed by atoms with Crippen LogP contribution in [0.25, 0.3) is 0 Å². The first-order valence-electron chi connectivity index (χ1n) is 11.2. The zero-order chi connectivity index (χ0) is 25.0. The number of aromatic nitrogens is 1. The van der Waals surface area contributed by atoms with Crippen LogP contribution in [0.15, 0.2) is 36.4 Å². The number of nitrogens with zero attached hydrogens (tertiary/aromatic N) is 1. The summed E-state index contributed by atoms with van der Waals surface area (Å²) < 4.78 is 38.8. The quantitative estimate of drug-likeness (QED) is 0.604. The SMILES string of the molecule is Cc1nc(N)ccc1CCC(=O)[C@H](C)NC(=O)[C@@H]1CC(=O)[C@@H](Cc2cccc(C(F)(F)F)c2)C1. The molecule has 6 nitrogen and oxygen atoms in total. The van der Waals surface area contributed by atoms with Gasteiger partial charge in [-0.1, -0.05) is 24.3 Å². The Hall–Kier alpha value is -3.23. The second kappa shape index (κ2) is 10.4. The van der Waals surface area contributed by atoms with Crippen molar-refractivity contribution < 1.29 is 27.6 Å². The maximum atomic E-state index is 12.9. The van der Waals surface area contributed by atoms with Gasteiger partial charge in [-0.2, -0.15) is 13.2 Å². The van der Waals surface area contributed by atoms with Crippen LogP contribution < -0.4 is 11.1 Å². The molecule has 9 heteroatoms. The molecular formula is C25H28F3N3O3. The van der Waals surface area contributed by atoms with Crippen molar-refractivity contribution in [2.45, 2.75) is 58.2 Å². The summed E-state index contributed by atoms with van der Waals surface area (Å²) in [4.78, 5) is 41.8. The lowest BCUT2D eigenvalue weighted by atomic mass is 9.95. The first-order valence-corrected chi connectivity index (χ1v) is 11.2. The number of pyridine rings is 1. The second-order valence-corrected chi connectivity index (χ2v) is 8.88. The number of hydrogen-bond acceptors (Lipinski definition) is 5. The van der Waals surface area contributed by atoms with Crippen molar-refractivity contribution in [3.05, 3.63) is 58.8 Å². The number of aryl methyl sites for hydroxylation is 2. The lowest BCUT2D eigenvalue weighted by Gasteiger charge is -2.16. The van der Waals surface area contributed by atoms with Crippen LogP contribution in [0.4, 0.5) is 19.0 Å². The van der Waals surface area contributed by atoms with Crippen molar-refractivity contribution in [2.75, 3.05) is 5.73 Å². The van der Waals surface area contributed by atoms with Crippen molar-refractivity contribution in [3.63, 3.8) is 0 Å². The van der Waals surface area contributed by atoms with E-state index in [9.17, 15) is 27.6 Å². The summed E-state index contributed by atoms with van der Waals surface area (Å²) in [6.07, 6.45) is -3.35. The number of ketones is 2. The maximum absolute atomic E-state index is 12.9. The van der Waals surface area contributed by atoms with E-state index in [1.807, 2.05) is 13.0 Å². The van der Waals surface area contributed by atoms with Gasteiger partial charge >= 0.3 is 6.18 Å². The van der Waals surface area contributed by atoms with E-state index in [4.69, 9.17) is 5.73 Å². The summed E-state index contributed by atoms with van der Waals surface area (Å²) in [5, 5.41) is 2.69. The third-order valence-electron chi connectivity index (χ3n) is 6.28. The van der Waals surface area contributed by atoms with E-state index < -0.39 is 29.6 Å². The molecule has 0 saturated heterocycles.